The molecule has 3 nitrogen and oxygen atoms in total. The van der Waals surface area contributed by atoms with Crippen LogP contribution in [0.1, 0.15) is 51.3 Å². The van der Waals surface area contributed by atoms with Crippen molar-refractivity contribution in [2.75, 3.05) is 25.0 Å². The molecule has 112 valence electrons. The fourth-order valence-corrected chi connectivity index (χ4v) is 2.56. The summed E-state index contributed by atoms with van der Waals surface area (Å²) in [5.41, 5.74) is 2.54. The van der Waals surface area contributed by atoms with Gasteiger partial charge in [0.05, 0.1) is 0 Å². The highest BCUT2D eigenvalue weighted by Crippen LogP contribution is 2.38. The summed E-state index contributed by atoms with van der Waals surface area (Å²) in [6, 6.07) is 4.48. The van der Waals surface area contributed by atoms with E-state index < -0.39 is 0 Å². The number of aromatic nitrogens is 1. The lowest BCUT2D eigenvalue weighted by atomic mass is 10.1. The first-order valence-corrected chi connectivity index (χ1v) is 7.94. The Morgan fingerprint density at radius 2 is 2.10 bits per heavy atom. The first kappa shape index (κ1) is 15.3. The van der Waals surface area contributed by atoms with Crippen molar-refractivity contribution >= 4 is 5.82 Å². The third-order valence-electron chi connectivity index (χ3n) is 4.24. The summed E-state index contributed by atoms with van der Waals surface area (Å²) in [6.07, 6.45) is 1.37. The number of nitrogens with one attached hydrogen (secondary N) is 1. The molecule has 2 rings (SSSR count). The molecule has 0 bridgehead atoms. The fourth-order valence-electron chi connectivity index (χ4n) is 2.56. The van der Waals surface area contributed by atoms with Crippen LogP contribution in [0.3, 0.4) is 0 Å². The van der Waals surface area contributed by atoms with Gasteiger partial charge >= 0.3 is 0 Å². The number of pyridine rings is 1. The minimum Gasteiger partial charge on any atom is -0.359 e. The zero-order valence-corrected chi connectivity index (χ0v) is 13.6. The normalized spacial score (nSPS) is 21.3. The molecule has 1 aromatic heterocycles. The molecule has 20 heavy (non-hydrogen) atoms. The van der Waals surface area contributed by atoms with Crippen LogP contribution in [-0.4, -0.2) is 25.1 Å². The van der Waals surface area contributed by atoms with Crippen molar-refractivity contribution in [2.45, 2.75) is 46.6 Å². The van der Waals surface area contributed by atoms with Crippen LogP contribution in [0.4, 0.5) is 5.82 Å². The molecule has 1 fully saturated rings. The van der Waals surface area contributed by atoms with E-state index in [0.29, 0.717) is 5.92 Å². The second-order valence-corrected chi connectivity index (χ2v) is 6.55. The van der Waals surface area contributed by atoms with E-state index in [1.807, 2.05) is 0 Å². The maximum atomic E-state index is 4.84. The van der Waals surface area contributed by atoms with E-state index in [1.165, 1.54) is 17.7 Å². The van der Waals surface area contributed by atoms with E-state index >= 15 is 0 Å². The Hall–Kier alpha value is -1.09. The van der Waals surface area contributed by atoms with Crippen molar-refractivity contribution in [3.8, 4) is 0 Å². The third kappa shape index (κ3) is 3.95. The molecule has 1 saturated carbocycles. The predicted molar refractivity (Wildman–Crippen MR) is 86.2 cm³/mol. The maximum absolute atomic E-state index is 4.84. The molecule has 3 heteroatoms. The van der Waals surface area contributed by atoms with Crippen LogP contribution in [-0.2, 0) is 6.54 Å². The molecule has 2 atom stereocenters. The second-order valence-electron chi connectivity index (χ2n) is 6.55. The van der Waals surface area contributed by atoms with Crippen molar-refractivity contribution in [3.05, 3.63) is 23.4 Å². The predicted octanol–water partition coefficient (Wildman–Crippen LogP) is 3.41. The molecule has 1 aliphatic rings. The van der Waals surface area contributed by atoms with Gasteiger partial charge in [0.2, 0.25) is 0 Å². The minimum atomic E-state index is 0.476. The molecule has 1 aliphatic carbocycles. The lowest BCUT2D eigenvalue weighted by Crippen LogP contribution is -2.23. The van der Waals surface area contributed by atoms with Crippen molar-refractivity contribution < 1.29 is 0 Å². The summed E-state index contributed by atoms with van der Waals surface area (Å²) in [5, 5.41) is 3.41. The average Bonchev–Trinajstić information content (AvgIpc) is 3.11. The number of rotatable bonds is 7. The molecule has 2 unspecified atom stereocenters. The molecule has 0 amide bonds. The first-order valence-electron chi connectivity index (χ1n) is 7.94. The van der Waals surface area contributed by atoms with E-state index in [9.17, 15) is 0 Å². The van der Waals surface area contributed by atoms with Crippen LogP contribution in [0.5, 0.6) is 0 Å². The standard InChI is InChI=1S/C17H29N3/c1-6-18-10-14-8-16(12(2)3)19-17(9-14)20(5)11-15-7-13(15)4/h8-9,12-13,15,18H,6-7,10-11H2,1-5H3. The number of nitrogens with zero attached hydrogens (tertiary/aromatic N) is 2. The van der Waals surface area contributed by atoms with Gasteiger partial charge in [-0.1, -0.05) is 27.7 Å². The summed E-state index contributed by atoms with van der Waals surface area (Å²) < 4.78 is 0. The lowest BCUT2D eigenvalue weighted by Gasteiger charge is -2.21. The minimum absolute atomic E-state index is 0.476. The Morgan fingerprint density at radius 3 is 2.65 bits per heavy atom. The van der Waals surface area contributed by atoms with Gasteiger partial charge in [0.25, 0.3) is 0 Å². The molecule has 1 heterocycles. The monoisotopic (exact) mass is 275 g/mol. The molecule has 0 radical (unpaired) electrons. The van der Waals surface area contributed by atoms with Gasteiger partial charge in [-0.05, 0) is 48.4 Å². The Balaban J connectivity index is 2.14. The van der Waals surface area contributed by atoms with Crippen LogP contribution in [0.15, 0.2) is 12.1 Å². The third-order valence-corrected chi connectivity index (χ3v) is 4.24. The summed E-state index contributed by atoms with van der Waals surface area (Å²) in [7, 11) is 2.18. The van der Waals surface area contributed by atoms with E-state index in [-0.39, 0.29) is 0 Å². The largest absolute Gasteiger partial charge is 0.359 e. The molecule has 0 saturated heterocycles. The van der Waals surface area contributed by atoms with E-state index in [0.717, 1.165) is 37.3 Å². The first-order chi connectivity index (χ1) is 9.51. The van der Waals surface area contributed by atoms with Crippen molar-refractivity contribution in [1.29, 1.82) is 0 Å². The number of hydrogen-bond acceptors (Lipinski definition) is 3. The summed E-state index contributed by atoms with van der Waals surface area (Å²) in [5.74, 6) is 3.36. The molecular formula is C17H29N3. The van der Waals surface area contributed by atoms with Gasteiger partial charge in [-0.3, -0.25) is 0 Å². The van der Waals surface area contributed by atoms with Crippen LogP contribution in [0, 0.1) is 11.8 Å². The Bertz CT molecular complexity index is 442. The molecular weight excluding hydrogens is 246 g/mol. The molecule has 0 aromatic carbocycles. The SMILES string of the molecule is CCNCc1cc(C(C)C)nc(N(C)CC2CC2C)c1. The maximum Gasteiger partial charge on any atom is 0.128 e. The van der Waals surface area contributed by atoms with E-state index in [1.54, 1.807) is 0 Å². The van der Waals surface area contributed by atoms with Gasteiger partial charge in [-0.25, -0.2) is 4.98 Å². The van der Waals surface area contributed by atoms with Gasteiger partial charge in [-0.15, -0.1) is 0 Å². The highest BCUT2D eigenvalue weighted by atomic mass is 15.2. The van der Waals surface area contributed by atoms with Crippen LogP contribution in [0.2, 0.25) is 0 Å². The summed E-state index contributed by atoms with van der Waals surface area (Å²) in [4.78, 5) is 7.17. The van der Waals surface area contributed by atoms with Crippen molar-refractivity contribution in [1.82, 2.24) is 10.3 Å². The van der Waals surface area contributed by atoms with Gasteiger partial charge in [0.15, 0.2) is 0 Å². The fraction of sp³-hybridized carbons (Fsp3) is 0.706. The zero-order chi connectivity index (χ0) is 14.7. The molecule has 1 aromatic rings. The van der Waals surface area contributed by atoms with Crippen molar-refractivity contribution in [2.24, 2.45) is 11.8 Å². The highest BCUT2D eigenvalue weighted by Gasteiger charge is 2.33. The van der Waals surface area contributed by atoms with E-state index in [4.69, 9.17) is 4.98 Å². The van der Waals surface area contributed by atoms with Crippen LogP contribution in [0.25, 0.3) is 0 Å². The Labute approximate surface area is 123 Å². The number of anilines is 1. The molecule has 1 N–H and O–H groups in total. The summed E-state index contributed by atoms with van der Waals surface area (Å²) in [6.45, 7) is 12.0. The van der Waals surface area contributed by atoms with Gasteiger partial charge in [-0.2, -0.15) is 0 Å². The topological polar surface area (TPSA) is 28.2 Å². The van der Waals surface area contributed by atoms with E-state index in [2.05, 4.69) is 57.1 Å². The van der Waals surface area contributed by atoms with Crippen molar-refractivity contribution in [3.63, 3.8) is 0 Å². The van der Waals surface area contributed by atoms with Crippen LogP contribution < -0.4 is 10.2 Å². The lowest BCUT2D eigenvalue weighted by molar-refractivity contribution is 0.703. The second kappa shape index (κ2) is 6.57. The van der Waals surface area contributed by atoms with Gasteiger partial charge in [0, 0.05) is 25.8 Å². The molecule has 0 spiro atoms. The van der Waals surface area contributed by atoms with Gasteiger partial charge in [0.1, 0.15) is 5.82 Å². The van der Waals surface area contributed by atoms with Crippen LogP contribution >= 0.6 is 0 Å². The molecule has 0 aliphatic heterocycles. The highest BCUT2D eigenvalue weighted by molar-refractivity contribution is 5.43. The smallest absolute Gasteiger partial charge is 0.128 e. The zero-order valence-electron chi connectivity index (χ0n) is 13.6. The van der Waals surface area contributed by atoms with Gasteiger partial charge < -0.3 is 10.2 Å². The average molecular weight is 275 g/mol. The number of hydrogen-bond donors (Lipinski definition) is 1. The summed E-state index contributed by atoms with van der Waals surface area (Å²) >= 11 is 0. The Kier molecular flexibility index (Phi) is 5.03. The quantitative estimate of drug-likeness (QED) is 0.826. The Morgan fingerprint density at radius 1 is 1.40 bits per heavy atom.